The van der Waals surface area contributed by atoms with E-state index < -0.39 is 6.09 Å². The van der Waals surface area contributed by atoms with Crippen molar-refractivity contribution in [1.29, 1.82) is 0 Å². The Bertz CT molecular complexity index is 881. The van der Waals surface area contributed by atoms with E-state index in [9.17, 15) is 9.59 Å². The summed E-state index contributed by atoms with van der Waals surface area (Å²) in [5.74, 6) is -0.328. The van der Waals surface area contributed by atoms with E-state index in [4.69, 9.17) is 9.57 Å². The fourth-order valence-corrected chi connectivity index (χ4v) is 2.96. The number of thiophene rings is 1. The largest absolute Gasteiger partial charge is 0.444 e. The van der Waals surface area contributed by atoms with Gasteiger partial charge in [-0.1, -0.05) is 48.5 Å². The number of benzene rings is 2. The van der Waals surface area contributed by atoms with Gasteiger partial charge < -0.3 is 10.1 Å². The summed E-state index contributed by atoms with van der Waals surface area (Å²) in [5, 5.41) is 4.61. The third kappa shape index (κ3) is 6.22. The first-order valence-corrected chi connectivity index (χ1v) is 9.56. The number of carbonyl (C=O) groups is 2. The summed E-state index contributed by atoms with van der Waals surface area (Å²) in [5.41, 5.74) is 4.71. The molecule has 3 rings (SSSR count). The highest BCUT2D eigenvalue weighted by Gasteiger charge is 2.07. The number of nitrogens with one attached hydrogen (secondary N) is 2. The number of alkyl carbamates (subject to hydrolysis) is 1. The van der Waals surface area contributed by atoms with Crippen LogP contribution in [0.5, 0.6) is 0 Å². The Labute approximate surface area is 167 Å². The lowest BCUT2D eigenvalue weighted by Gasteiger charge is -2.08. The van der Waals surface area contributed by atoms with Crippen LogP contribution in [0.2, 0.25) is 0 Å². The summed E-state index contributed by atoms with van der Waals surface area (Å²) >= 11 is 1.53. The van der Waals surface area contributed by atoms with Gasteiger partial charge in [0.2, 0.25) is 0 Å². The Morgan fingerprint density at radius 1 is 0.857 bits per heavy atom. The molecule has 0 saturated carbocycles. The van der Waals surface area contributed by atoms with Crippen LogP contribution in [0, 0.1) is 0 Å². The van der Waals surface area contributed by atoms with Crippen molar-refractivity contribution in [2.75, 3.05) is 0 Å². The Kier molecular flexibility index (Phi) is 7.17. The number of ether oxygens (including phenoxy) is 1. The highest BCUT2D eigenvalue weighted by atomic mass is 32.1. The maximum atomic E-state index is 12.1. The van der Waals surface area contributed by atoms with Gasteiger partial charge in [-0.3, -0.25) is 9.63 Å². The Hall–Kier alpha value is -3.16. The summed E-state index contributed by atoms with van der Waals surface area (Å²) in [6.45, 7) is 0.865. The van der Waals surface area contributed by atoms with Crippen LogP contribution in [0.15, 0.2) is 72.1 Å². The molecule has 7 heteroatoms. The predicted octanol–water partition coefficient (Wildman–Crippen LogP) is 4.04. The van der Waals surface area contributed by atoms with Gasteiger partial charge in [0.05, 0.1) is 6.61 Å². The van der Waals surface area contributed by atoms with Gasteiger partial charge in [0.25, 0.3) is 5.91 Å². The minimum Gasteiger partial charge on any atom is -0.444 e. The first kappa shape index (κ1) is 19.6. The van der Waals surface area contributed by atoms with E-state index in [1.807, 2.05) is 47.8 Å². The van der Waals surface area contributed by atoms with Crippen molar-refractivity contribution in [2.45, 2.75) is 19.8 Å². The molecule has 1 heterocycles. The summed E-state index contributed by atoms with van der Waals surface area (Å²) < 4.78 is 5.13. The van der Waals surface area contributed by atoms with E-state index in [-0.39, 0.29) is 12.5 Å². The van der Waals surface area contributed by atoms with Crippen LogP contribution in [-0.2, 0) is 29.3 Å². The van der Waals surface area contributed by atoms with Crippen LogP contribution in [0.4, 0.5) is 4.79 Å². The Morgan fingerprint density at radius 3 is 2.36 bits per heavy atom. The van der Waals surface area contributed by atoms with E-state index in [1.54, 1.807) is 24.3 Å². The van der Waals surface area contributed by atoms with Gasteiger partial charge in [-0.05, 0) is 34.7 Å². The summed E-state index contributed by atoms with van der Waals surface area (Å²) in [6, 6.07) is 20.3. The summed E-state index contributed by atoms with van der Waals surface area (Å²) in [6.07, 6.45) is -0.482. The van der Waals surface area contributed by atoms with Gasteiger partial charge in [0.1, 0.15) is 6.61 Å². The molecule has 2 amide bonds. The molecule has 0 unspecified atom stereocenters. The molecule has 0 aliphatic carbocycles. The van der Waals surface area contributed by atoms with E-state index in [2.05, 4.69) is 10.8 Å². The highest BCUT2D eigenvalue weighted by molar-refractivity contribution is 7.09. The van der Waals surface area contributed by atoms with Crippen LogP contribution in [-0.4, -0.2) is 12.0 Å². The fourth-order valence-electron chi connectivity index (χ4n) is 2.35. The molecule has 6 nitrogen and oxygen atoms in total. The molecule has 144 valence electrons. The lowest BCUT2D eigenvalue weighted by molar-refractivity contribution is 0.0233. The number of carbonyl (C=O) groups excluding carboxylic acids is 2. The van der Waals surface area contributed by atoms with Gasteiger partial charge >= 0.3 is 6.09 Å². The van der Waals surface area contributed by atoms with Crippen molar-refractivity contribution >= 4 is 23.3 Å². The lowest BCUT2D eigenvalue weighted by atomic mass is 10.1. The normalized spacial score (nSPS) is 10.3. The third-order valence-electron chi connectivity index (χ3n) is 3.83. The first-order valence-electron chi connectivity index (χ1n) is 8.69. The number of hydroxylamine groups is 1. The van der Waals surface area contributed by atoms with E-state index >= 15 is 0 Å². The number of hydrogen-bond donors (Lipinski definition) is 2. The molecular formula is C21H20N2O4S. The molecule has 2 aromatic carbocycles. The van der Waals surface area contributed by atoms with Crippen LogP contribution in [0.1, 0.15) is 26.4 Å². The van der Waals surface area contributed by atoms with Crippen molar-refractivity contribution in [3.8, 4) is 0 Å². The molecular weight excluding hydrogens is 376 g/mol. The number of amides is 2. The Morgan fingerprint density at radius 2 is 1.64 bits per heavy atom. The summed E-state index contributed by atoms with van der Waals surface area (Å²) in [7, 11) is 0. The molecule has 0 bridgehead atoms. The molecule has 0 aliphatic rings. The maximum Gasteiger partial charge on any atom is 0.407 e. The lowest BCUT2D eigenvalue weighted by Crippen LogP contribution is -2.24. The zero-order valence-corrected chi connectivity index (χ0v) is 15.9. The fraction of sp³-hybridized carbons (Fsp3) is 0.143. The van der Waals surface area contributed by atoms with E-state index in [1.165, 1.54) is 11.3 Å². The maximum absolute atomic E-state index is 12.1. The first-order chi connectivity index (χ1) is 13.7. The number of rotatable bonds is 8. The second-order valence-corrected chi connectivity index (χ2v) is 6.94. The van der Waals surface area contributed by atoms with Gasteiger partial charge in [0.15, 0.2) is 0 Å². The average molecular weight is 396 g/mol. The van der Waals surface area contributed by atoms with Crippen molar-refractivity contribution in [1.82, 2.24) is 10.8 Å². The molecule has 0 fully saturated rings. The van der Waals surface area contributed by atoms with E-state index in [0.29, 0.717) is 18.7 Å². The minimum atomic E-state index is -0.482. The predicted molar refractivity (Wildman–Crippen MR) is 106 cm³/mol. The average Bonchev–Trinajstić information content (AvgIpc) is 3.25. The topological polar surface area (TPSA) is 76.7 Å². The molecule has 0 saturated heterocycles. The van der Waals surface area contributed by atoms with Gasteiger partial charge in [-0.25, -0.2) is 10.3 Å². The van der Waals surface area contributed by atoms with Crippen molar-refractivity contribution in [3.63, 3.8) is 0 Å². The molecule has 1 aromatic heterocycles. The second-order valence-electron chi connectivity index (χ2n) is 5.91. The van der Waals surface area contributed by atoms with Gasteiger partial charge in [-0.15, -0.1) is 11.3 Å². The zero-order valence-electron chi connectivity index (χ0n) is 15.1. The minimum absolute atomic E-state index is 0.256. The molecule has 0 aliphatic heterocycles. The van der Waals surface area contributed by atoms with Crippen LogP contribution < -0.4 is 10.8 Å². The van der Waals surface area contributed by atoms with Crippen molar-refractivity contribution < 1.29 is 19.2 Å². The zero-order chi connectivity index (χ0) is 19.6. The number of hydrogen-bond acceptors (Lipinski definition) is 5. The Balaban J connectivity index is 1.38. The molecule has 2 N–H and O–H groups in total. The van der Waals surface area contributed by atoms with Crippen molar-refractivity contribution in [2.24, 2.45) is 0 Å². The SMILES string of the molecule is O=C(NCc1ccc(C(=O)NOCc2ccccc2)cc1)OCc1cccs1. The smallest absolute Gasteiger partial charge is 0.407 e. The monoisotopic (exact) mass is 396 g/mol. The molecule has 28 heavy (non-hydrogen) atoms. The van der Waals surface area contributed by atoms with Crippen LogP contribution >= 0.6 is 11.3 Å². The highest BCUT2D eigenvalue weighted by Crippen LogP contribution is 2.10. The van der Waals surface area contributed by atoms with Gasteiger partial charge in [-0.2, -0.15) is 0 Å². The molecule has 3 aromatic rings. The second kappa shape index (κ2) is 10.2. The van der Waals surface area contributed by atoms with Gasteiger partial charge in [0, 0.05) is 17.0 Å². The standard InChI is InChI=1S/C21H20N2O4S/c24-20(23-27-14-17-5-2-1-3-6-17)18-10-8-16(9-11-18)13-22-21(25)26-15-19-7-4-12-28-19/h1-12H,13-15H2,(H,22,25)(H,23,24). The van der Waals surface area contributed by atoms with Crippen LogP contribution in [0.25, 0.3) is 0 Å². The molecule has 0 atom stereocenters. The van der Waals surface area contributed by atoms with Crippen molar-refractivity contribution in [3.05, 3.63) is 93.7 Å². The molecule has 0 radical (unpaired) electrons. The molecule has 0 spiro atoms. The van der Waals surface area contributed by atoms with Crippen LogP contribution in [0.3, 0.4) is 0 Å². The quantitative estimate of drug-likeness (QED) is 0.564. The van der Waals surface area contributed by atoms with E-state index in [0.717, 1.165) is 16.0 Å². The summed E-state index contributed by atoms with van der Waals surface area (Å²) in [4.78, 5) is 30.0. The third-order valence-corrected chi connectivity index (χ3v) is 4.68.